The van der Waals surface area contributed by atoms with Crippen molar-refractivity contribution >= 4 is 17.7 Å². The molecule has 1 aromatic carbocycles. The van der Waals surface area contributed by atoms with Crippen LogP contribution in [0, 0.1) is 0 Å². The number of halogens is 3. The van der Waals surface area contributed by atoms with E-state index < -0.39 is 11.7 Å². The number of alkyl halides is 3. The van der Waals surface area contributed by atoms with E-state index in [1.54, 1.807) is 21.6 Å². The van der Waals surface area contributed by atoms with Gasteiger partial charge in [-0.2, -0.15) is 23.3 Å². The van der Waals surface area contributed by atoms with Crippen LogP contribution in [0.4, 0.5) is 30.9 Å². The number of nitrogens with zero attached hydrogens (tertiary/aromatic N) is 6. The van der Waals surface area contributed by atoms with Gasteiger partial charge in [-0.3, -0.25) is 10.00 Å². The van der Waals surface area contributed by atoms with Crippen molar-refractivity contribution in [3.05, 3.63) is 66.4 Å². The number of aliphatic hydroxyl groups excluding tert-OH is 1. The zero-order valence-electron chi connectivity index (χ0n) is 17.6. The van der Waals surface area contributed by atoms with Crippen LogP contribution >= 0.6 is 0 Å². The minimum Gasteiger partial charge on any atom is -0.395 e. The van der Waals surface area contributed by atoms with Crippen LogP contribution in [0.5, 0.6) is 0 Å². The van der Waals surface area contributed by atoms with Gasteiger partial charge in [-0.05, 0) is 17.2 Å². The van der Waals surface area contributed by atoms with Crippen molar-refractivity contribution in [3.63, 3.8) is 0 Å². The highest BCUT2D eigenvalue weighted by atomic mass is 19.4. The Labute approximate surface area is 187 Å². The Hall–Kier alpha value is -3.93. The zero-order chi connectivity index (χ0) is 23.4. The van der Waals surface area contributed by atoms with Crippen molar-refractivity contribution in [2.24, 2.45) is 7.05 Å². The summed E-state index contributed by atoms with van der Waals surface area (Å²) in [6.45, 7) is 0.262. The Balaban J connectivity index is 1.57. The predicted octanol–water partition coefficient (Wildman–Crippen LogP) is 3.44. The summed E-state index contributed by atoms with van der Waals surface area (Å²) >= 11 is 0. The minimum atomic E-state index is -4.63. The Bertz CT molecular complexity index is 1230. The van der Waals surface area contributed by atoms with Crippen molar-refractivity contribution in [3.8, 4) is 11.1 Å². The molecule has 0 saturated carbocycles. The number of hydrogen-bond acceptors (Lipinski definition) is 7. The largest absolute Gasteiger partial charge is 0.421 e. The lowest BCUT2D eigenvalue weighted by atomic mass is 10.1. The first-order valence-electron chi connectivity index (χ1n) is 9.98. The van der Waals surface area contributed by atoms with Gasteiger partial charge in [0, 0.05) is 50.5 Å². The second kappa shape index (κ2) is 9.28. The third kappa shape index (κ3) is 5.29. The highest BCUT2D eigenvalue weighted by Crippen LogP contribution is 2.34. The number of imidazole rings is 1. The topological polar surface area (TPSA) is 106 Å². The zero-order valence-corrected chi connectivity index (χ0v) is 17.6. The fourth-order valence-electron chi connectivity index (χ4n) is 3.22. The summed E-state index contributed by atoms with van der Waals surface area (Å²) in [5.41, 5.74) is 1.60. The Morgan fingerprint density at radius 3 is 2.70 bits per heavy atom. The molecule has 12 heteroatoms. The predicted molar refractivity (Wildman–Crippen MR) is 116 cm³/mol. The van der Waals surface area contributed by atoms with Gasteiger partial charge in [0.25, 0.3) is 0 Å². The van der Waals surface area contributed by atoms with Crippen LogP contribution in [0.15, 0.2) is 55.2 Å². The summed E-state index contributed by atoms with van der Waals surface area (Å²) in [6.07, 6.45) is 2.79. The molecule has 0 aliphatic rings. The highest BCUT2D eigenvalue weighted by Gasteiger charge is 2.35. The second-order valence-corrected chi connectivity index (χ2v) is 7.20. The number of aromatic nitrogens is 6. The molecular formula is C21H21F3N8O. The van der Waals surface area contributed by atoms with Crippen molar-refractivity contribution < 1.29 is 18.3 Å². The molecule has 0 atom stereocenters. The van der Waals surface area contributed by atoms with E-state index in [4.69, 9.17) is 5.11 Å². The molecule has 0 radical (unpaired) electrons. The molecule has 4 aromatic rings. The summed E-state index contributed by atoms with van der Waals surface area (Å²) in [4.78, 5) is 11.9. The summed E-state index contributed by atoms with van der Waals surface area (Å²) < 4.78 is 43.9. The maximum absolute atomic E-state index is 13.5. The van der Waals surface area contributed by atoms with Gasteiger partial charge in [0.2, 0.25) is 11.9 Å². The summed E-state index contributed by atoms with van der Waals surface area (Å²) in [5, 5.41) is 18.8. The van der Waals surface area contributed by atoms with E-state index in [1.165, 1.54) is 6.20 Å². The fourth-order valence-corrected chi connectivity index (χ4v) is 3.22. The van der Waals surface area contributed by atoms with Gasteiger partial charge in [-0.1, -0.05) is 18.2 Å². The van der Waals surface area contributed by atoms with Gasteiger partial charge in [0.15, 0.2) is 0 Å². The molecule has 33 heavy (non-hydrogen) atoms. The summed E-state index contributed by atoms with van der Waals surface area (Å²) in [5.74, 6) is -0.106. The van der Waals surface area contributed by atoms with Crippen LogP contribution in [0.1, 0.15) is 11.1 Å². The highest BCUT2D eigenvalue weighted by molar-refractivity contribution is 5.62. The summed E-state index contributed by atoms with van der Waals surface area (Å²) in [7, 11) is 1.81. The first-order chi connectivity index (χ1) is 15.8. The molecule has 0 bridgehead atoms. The van der Waals surface area contributed by atoms with E-state index in [0.717, 1.165) is 22.9 Å². The van der Waals surface area contributed by atoms with Crippen molar-refractivity contribution in [2.75, 3.05) is 17.2 Å². The second-order valence-electron chi connectivity index (χ2n) is 7.20. The van der Waals surface area contributed by atoms with Crippen molar-refractivity contribution in [1.29, 1.82) is 0 Å². The first kappa shape index (κ1) is 22.3. The van der Waals surface area contributed by atoms with Gasteiger partial charge < -0.3 is 15.0 Å². The molecule has 172 valence electrons. The lowest BCUT2D eigenvalue weighted by Gasteiger charge is -2.15. The summed E-state index contributed by atoms with van der Waals surface area (Å²) in [6, 6.07) is 7.43. The number of rotatable bonds is 8. The van der Waals surface area contributed by atoms with E-state index in [9.17, 15) is 13.2 Å². The Kier molecular flexibility index (Phi) is 6.27. The van der Waals surface area contributed by atoms with Crippen LogP contribution in [0.2, 0.25) is 0 Å². The van der Waals surface area contributed by atoms with E-state index >= 15 is 0 Å². The smallest absolute Gasteiger partial charge is 0.395 e. The molecule has 3 aromatic heterocycles. The number of hydrogen-bond donors (Lipinski definition) is 3. The van der Waals surface area contributed by atoms with Crippen molar-refractivity contribution in [2.45, 2.75) is 19.3 Å². The fraction of sp³-hybridized carbons (Fsp3) is 0.238. The molecule has 0 amide bonds. The number of anilines is 3. The monoisotopic (exact) mass is 458 g/mol. The van der Waals surface area contributed by atoms with Gasteiger partial charge in [-0.25, -0.2) is 9.97 Å². The molecule has 0 saturated heterocycles. The SMILES string of the molecule is Cn1cc(-c2cccc(CNc3nc(Nc4nccn4CCO)ncc3C(F)(F)F)c2)cn1. The standard InChI is InChI=1S/C21H21F3N8O/c1-31-13-16(11-28-31)15-4-2-3-14(9-15)10-26-18-17(21(22,23)24)12-27-19(29-18)30-20-25-5-6-32(20)7-8-33/h2-6,9,11-13,33H,7-8,10H2,1H3,(H2,25,26,27,29,30). The molecule has 0 spiro atoms. The molecule has 4 rings (SSSR count). The number of nitrogens with one attached hydrogen (secondary N) is 2. The van der Waals surface area contributed by atoms with Crippen LogP contribution in [-0.2, 0) is 26.3 Å². The Morgan fingerprint density at radius 2 is 1.97 bits per heavy atom. The molecule has 9 nitrogen and oxygen atoms in total. The van der Waals surface area contributed by atoms with Gasteiger partial charge in [-0.15, -0.1) is 0 Å². The Morgan fingerprint density at radius 1 is 1.12 bits per heavy atom. The molecule has 0 aliphatic carbocycles. The van der Waals surface area contributed by atoms with Crippen LogP contribution in [0.3, 0.4) is 0 Å². The number of benzene rings is 1. The number of aryl methyl sites for hydroxylation is 1. The van der Waals surface area contributed by atoms with E-state index in [1.807, 2.05) is 37.5 Å². The van der Waals surface area contributed by atoms with Crippen LogP contribution in [-0.4, -0.2) is 41.0 Å². The average molecular weight is 458 g/mol. The van der Waals surface area contributed by atoms with Crippen LogP contribution in [0.25, 0.3) is 11.1 Å². The average Bonchev–Trinajstić information content (AvgIpc) is 3.41. The van der Waals surface area contributed by atoms with Crippen molar-refractivity contribution in [1.82, 2.24) is 29.3 Å². The molecule has 3 N–H and O–H groups in total. The van der Waals surface area contributed by atoms with Gasteiger partial charge in [0.05, 0.1) is 12.8 Å². The van der Waals surface area contributed by atoms with E-state index in [-0.39, 0.29) is 31.5 Å². The number of aliphatic hydroxyl groups is 1. The maximum Gasteiger partial charge on any atom is 0.421 e. The van der Waals surface area contributed by atoms with Gasteiger partial charge in [0.1, 0.15) is 11.4 Å². The molecule has 0 fully saturated rings. The normalized spacial score (nSPS) is 11.5. The lowest BCUT2D eigenvalue weighted by Crippen LogP contribution is -2.15. The molecular weight excluding hydrogens is 437 g/mol. The van der Waals surface area contributed by atoms with E-state index in [0.29, 0.717) is 5.95 Å². The maximum atomic E-state index is 13.5. The van der Waals surface area contributed by atoms with Gasteiger partial charge >= 0.3 is 6.18 Å². The first-order valence-corrected chi connectivity index (χ1v) is 9.98. The molecule has 0 aliphatic heterocycles. The lowest BCUT2D eigenvalue weighted by molar-refractivity contribution is -0.137. The third-order valence-corrected chi connectivity index (χ3v) is 4.80. The van der Waals surface area contributed by atoms with Crippen LogP contribution < -0.4 is 10.6 Å². The minimum absolute atomic E-state index is 0.0556. The quantitative estimate of drug-likeness (QED) is 0.371. The van der Waals surface area contributed by atoms with E-state index in [2.05, 4.69) is 30.7 Å². The third-order valence-electron chi connectivity index (χ3n) is 4.80. The molecule has 3 heterocycles. The molecule has 0 unspecified atom stereocenters.